The van der Waals surface area contributed by atoms with Crippen molar-refractivity contribution in [1.82, 2.24) is 15.1 Å². The van der Waals surface area contributed by atoms with E-state index in [0.717, 1.165) is 5.69 Å². The molecular weight excluding hydrogens is 252 g/mol. The molecule has 2 rings (SSSR count). The van der Waals surface area contributed by atoms with Crippen LogP contribution in [0.1, 0.15) is 12.6 Å². The van der Waals surface area contributed by atoms with Crippen LogP contribution in [0.4, 0.5) is 5.88 Å². The summed E-state index contributed by atoms with van der Waals surface area (Å²) >= 11 is 1.28. The molecule has 2 heterocycles. The molecule has 18 heavy (non-hydrogen) atoms. The molecule has 0 aromatic carbocycles. The summed E-state index contributed by atoms with van der Waals surface area (Å²) in [5.41, 5.74) is 0.719. The van der Waals surface area contributed by atoms with Crippen LogP contribution in [0.15, 0.2) is 34.2 Å². The highest BCUT2D eigenvalue weighted by atomic mass is 32.2. The van der Waals surface area contributed by atoms with Crippen LogP contribution in [0.5, 0.6) is 0 Å². The zero-order chi connectivity index (χ0) is 13.0. The van der Waals surface area contributed by atoms with Crippen LogP contribution in [0.3, 0.4) is 0 Å². The molecule has 0 saturated heterocycles. The fraction of sp³-hybridized carbons (Fsp3) is 0.273. The van der Waals surface area contributed by atoms with Crippen molar-refractivity contribution in [1.29, 1.82) is 0 Å². The molecule has 1 atom stereocenters. The van der Waals surface area contributed by atoms with E-state index >= 15 is 0 Å². The lowest BCUT2D eigenvalue weighted by Crippen LogP contribution is -2.22. The molecule has 1 unspecified atom stereocenters. The lowest BCUT2D eigenvalue weighted by Gasteiger charge is -2.08. The van der Waals surface area contributed by atoms with Gasteiger partial charge >= 0.3 is 0 Å². The van der Waals surface area contributed by atoms with Crippen molar-refractivity contribution >= 4 is 23.6 Å². The Balaban J connectivity index is 1.93. The number of rotatable bonds is 4. The second kappa shape index (κ2) is 5.63. The first kappa shape index (κ1) is 12.6. The Morgan fingerprint density at radius 3 is 2.78 bits per heavy atom. The number of amides is 1. The molecule has 0 aliphatic heterocycles. The molecular formula is C11H12N4O2S. The van der Waals surface area contributed by atoms with Gasteiger partial charge < -0.3 is 4.52 Å². The second-order valence-electron chi connectivity index (χ2n) is 3.61. The van der Waals surface area contributed by atoms with Crippen LogP contribution in [0.2, 0.25) is 0 Å². The van der Waals surface area contributed by atoms with Gasteiger partial charge in [-0.05, 0) is 19.9 Å². The van der Waals surface area contributed by atoms with Crippen LogP contribution < -0.4 is 5.32 Å². The summed E-state index contributed by atoms with van der Waals surface area (Å²) in [5.74, 6) is 0.169. The number of hydrogen-bond acceptors (Lipinski definition) is 6. The maximum atomic E-state index is 11.9. The molecule has 2 aromatic rings. The van der Waals surface area contributed by atoms with E-state index in [1.165, 1.54) is 11.8 Å². The Morgan fingerprint density at radius 2 is 2.17 bits per heavy atom. The number of nitrogens with zero attached hydrogens (tertiary/aromatic N) is 3. The van der Waals surface area contributed by atoms with Gasteiger partial charge in [0, 0.05) is 18.5 Å². The fourth-order valence-corrected chi connectivity index (χ4v) is 1.93. The molecule has 94 valence electrons. The van der Waals surface area contributed by atoms with E-state index in [1.807, 2.05) is 0 Å². The monoisotopic (exact) mass is 264 g/mol. The van der Waals surface area contributed by atoms with Gasteiger partial charge in [0.15, 0.2) is 5.16 Å². The first-order valence-corrected chi connectivity index (χ1v) is 6.21. The molecule has 0 bridgehead atoms. The number of thioether (sulfide) groups is 1. The highest BCUT2D eigenvalue weighted by Crippen LogP contribution is 2.20. The number of hydrogen-bond donors (Lipinski definition) is 1. The smallest absolute Gasteiger partial charge is 0.240 e. The van der Waals surface area contributed by atoms with Gasteiger partial charge in [0.05, 0.1) is 10.9 Å². The lowest BCUT2D eigenvalue weighted by atomic mass is 10.4. The molecule has 6 nitrogen and oxygen atoms in total. The standard InChI is InChI=1S/C11H12N4O2S/c1-7-6-9(17-15-7)14-10(16)8(2)18-11-12-4-3-5-13-11/h3-6,8H,1-2H3,(H,14,16). The normalized spacial score (nSPS) is 12.1. The number of carbonyl (C=O) groups is 1. The van der Waals surface area contributed by atoms with E-state index in [0.29, 0.717) is 11.0 Å². The van der Waals surface area contributed by atoms with Crippen LogP contribution in [0, 0.1) is 6.92 Å². The van der Waals surface area contributed by atoms with Gasteiger partial charge in [-0.1, -0.05) is 16.9 Å². The highest BCUT2D eigenvalue weighted by molar-refractivity contribution is 8.00. The Bertz CT molecular complexity index is 529. The Labute approximate surface area is 108 Å². The van der Waals surface area contributed by atoms with E-state index in [1.54, 1.807) is 38.4 Å². The largest absolute Gasteiger partial charge is 0.338 e. The zero-order valence-electron chi connectivity index (χ0n) is 9.95. The Kier molecular flexibility index (Phi) is 3.93. The number of nitrogens with one attached hydrogen (secondary N) is 1. The van der Waals surface area contributed by atoms with Crippen LogP contribution >= 0.6 is 11.8 Å². The summed E-state index contributed by atoms with van der Waals surface area (Å²) in [5, 5.41) is 6.57. The Hall–Kier alpha value is -1.89. The van der Waals surface area contributed by atoms with Crippen molar-refractivity contribution in [3.63, 3.8) is 0 Å². The van der Waals surface area contributed by atoms with Gasteiger partial charge in [-0.2, -0.15) is 0 Å². The molecule has 0 spiro atoms. The molecule has 0 fully saturated rings. The van der Waals surface area contributed by atoms with Crippen molar-refractivity contribution in [2.24, 2.45) is 0 Å². The first-order valence-electron chi connectivity index (χ1n) is 5.33. The summed E-state index contributed by atoms with van der Waals surface area (Å²) in [6, 6.07) is 3.39. The number of aromatic nitrogens is 3. The van der Waals surface area contributed by atoms with Crippen molar-refractivity contribution in [3.8, 4) is 0 Å². The first-order chi connectivity index (χ1) is 8.65. The van der Waals surface area contributed by atoms with E-state index < -0.39 is 0 Å². The number of anilines is 1. The minimum Gasteiger partial charge on any atom is -0.338 e. The molecule has 7 heteroatoms. The van der Waals surface area contributed by atoms with Gasteiger partial charge in [0.25, 0.3) is 0 Å². The van der Waals surface area contributed by atoms with Crippen LogP contribution in [-0.2, 0) is 4.79 Å². The van der Waals surface area contributed by atoms with E-state index in [-0.39, 0.29) is 11.2 Å². The van der Waals surface area contributed by atoms with Crippen molar-refractivity contribution in [3.05, 3.63) is 30.2 Å². The van der Waals surface area contributed by atoms with E-state index in [9.17, 15) is 4.79 Å². The SMILES string of the molecule is Cc1cc(NC(=O)C(C)Sc2ncccn2)on1. The summed E-state index contributed by atoms with van der Waals surface area (Å²) in [6.45, 7) is 3.56. The van der Waals surface area contributed by atoms with E-state index in [2.05, 4.69) is 20.4 Å². The van der Waals surface area contributed by atoms with Crippen molar-refractivity contribution < 1.29 is 9.32 Å². The van der Waals surface area contributed by atoms with Crippen LogP contribution in [0.25, 0.3) is 0 Å². The summed E-state index contributed by atoms with van der Waals surface area (Å²) in [4.78, 5) is 19.9. The minimum absolute atomic E-state index is 0.177. The highest BCUT2D eigenvalue weighted by Gasteiger charge is 2.17. The van der Waals surface area contributed by atoms with Gasteiger partial charge in [-0.3, -0.25) is 10.1 Å². The number of aryl methyl sites for hydroxylation is 1. The third kappa shape index (κ3) is 3.30. The van der Waals surface area contributed by atoms with Gasteiger partial charge in [0.1, 0.15) is 0 Å². The average Bonchev–Trinajstić information content (AvgIpc) is 2.76. The van der Waals surface area contributed by atoms with Gasteiger partial charge in [-0.15, -0.1) is 0 Å². The zero-order valence-corrected chi connectivity index (χ0v) is 10.8. The summed E-state index contributed by atoms with van der Waals surface area (Å²) < 4.78 is 4.91. The Morgan fingerprint density at radius 1 is 1.44 bits per heavy atom. The van der Waals surface area contributed by atoms with Crippen molar-refractivity contribution in [2.75, 3.05) is 5.32 Å². The third-order valence-electron chi connectivity index (χ3n) is 2.07. The maximum absolute atomic E-state index is 11.9. The number of carbonyl (C=O) groups excluding carboxylic acids is 1. The lowest BCUT2D eigenvalue weighted by molar-refractivity contribution is -0.115. The topological polar surface area (TPSA) is 80.9 Å². The quantitative estimate of drug-likeness (QED) is 0.671. The van der Waals surface area contributed by atoms with E-state index in [4.69, 9.17) is 4.52 Å². The molecule has 0 saturated carbocycles. The van der Waals surface area contributed by atoms with Crippen molar-refractivity contribution in [2.45, 2.75) is 24.3 Å². The molecule has 0 aliphatic carbocycles. The molecule has 2 aromatic heterocycles. The third-order valence-corrected chi connectivity index (χ3v) is 3.06. The second-order valence-corrected chi connectivity index (χ2v) is 4.92. The summed E-state index contributed by atoms with van der Waals surface area (Å²) in [7, 11) is 0. The van der Waals surface area contributed by atoms with Gasteiger partial charge in [0.2, 0.25) is 11.8 Å². The fourth-order valence-electron chi connectivity index (χ4n) is 1.20. The minimum atomic E-state index is -0.321. The molecule has 1 amide bonds. The average molecular weight is 264 g/mol. The molecule has 1 N–H and O–H groups in total. The molecule has 0 aliphatic rings. The predicted molar refractivity (Wildman–Crippen MR) is 67.2 cm³/mol. The molecule has 0 radical (unpaired) electrons. The maximum Gasteiger partial charge on any atom is 0.240 e. The summed E-state index contributed by atoms with van der Waals surface area (Å²) in [6.07, 6.45) is 3.28. The van der Waals surface area contributed by atoms with Gasteiger partial charge in [-0.25, -0.2) is 9.97 Å². The van der Waals surface area contributed by atoms with Crippen LogP contribution in [-0.4, -0.2) is 26.3 Å². The predicted octanol–water partition coefficient (Wildman–Crippen LogP) is 1.89.